The van der Waals surface area contributed by atoms with Gasteiger partial charge < -0.3 is 0 Å². The van der Waals surface area contributed by atoms with E-state index in [2.05, 4.69) is 22.3 Å². The molecule has 0 fully saturated rings. The van der Waals surface area contributed by atoms with Gasteiger partial charge in [-0.15, -0.1) is 0 Å². The van der Waals surface area contributed by atoms with E-state index < -0.39 is 0 Å². The highest BCUT2D eigenvalue weighted by atomic mass is 32.1. The fourth-order valence-corrected chi connectivity index (χ4v) is 1.88. The number of hydrogen-bond donors (Lipinski definition) is 1. The van der Waals surface area contributed by atoms with Crippen molar-refractivity contribution >= 4 is 22.4 Å². The van der Waals surface area contributed by atoms with Crippen LogP contribution in [0.25, 0.3) is 0 Å². The van der Waals surface area contributed by atoms with E-state index in [0.717, 1.165) is 5.71 Å². The van der Waals surface area contributed by atoms with Crippen molar-refractivity contribution in [1.29, 1.82) is 0 Å². The molecular weight excluding hydrogens is 168 g/mol. The number of pyridine rings is 1. The fraction of sp³-hybridized carbons (Fsp3) is 0.222. The lowest BCUT2D eigenvalue weighted by Gasteiger charge is -1.96. The lowest BCUT2D eigenvalue weighted by atomic mass is 10.2. The van der Waals surface area contributed by atoms with Gasteiger partial charge in [-0.25, -0.2) is 0 Å². The molecule has 1 aromatic rings. The van der Waals surface area contributed by atoms with Crippen LogP contribution in [0.5, 0.6) is 0 Å². The van der Waals surface area contributed by atoms with E-state index in [9.17, 15) is 0 Å². The van der Waals surface area contributed by atoms with E-state index in [4.69, 9.17) is 0 Å². The van der Waals surface area contributed by atoms with Crippen molar-refractivity contribution in [2.24, 2.45) is 4.99 Å². The molecule has 0 bridgehead atoms. The maximum atomic E-state index is 4.48. The quantitative estimate of drug-likeness (QED) is 0.511. The highest BCUT2D eigenvalue weighted by molar-refractivity contribution is 7.99. The molecule has 0 amide bonds. The molecular formula is C9H10N2S. The van der Waals surface area contributed by atoms with E-state index in [1.165, 1.54) is 16.9 Å². The van der Waals surface area contributed by atoms with Gasteiger partial charge in [-0.1, -0.05) is 0 Å². The highest BCUT2D eigenvalue weighted by Crippen LogP contribution is 2.12. The second kappa shape index (κ2) is 3.19. The Labute approximate surface area is 75.3 Å². The molecule has 0 radical (unpaired) electrons. The Hall–Kier alpha value is -0.960. The van der Waals surface area contributed by atoms with Gasteiger partial charge in [-0.05, 0) is 24.4 Å². The van der Waals surface area contributed by atoms with E-state index >= 15 is 0 Å². The standard InChI is InChI=1S/C9H10N2S/c1-7-11-9(6-12-7)8-2-4-10-5-3-8/h2-7,12H,1H3. The van der Waals surface area contributed by atoms with Crippen LogP contribution in [0.4, 0.5) is 0 Å². The topological polar surface area (TPSA) is 25.2 Å². The van der Waals surface area contributed by atoms with Gasteiger partial charge in [0, 0.05) is 18.0 Å². The van der Waals surface area contributed by atoms with Crippen molar-refractivity contribution in [2.45, 2.75) is 12.3 Å². The predicted molar refractivity (Wildman–Crippen MR) is 55.3 cm³/mol. The molecule has 12 heavy (non-hydrogen) atoms. The first-order valence-corrected chi connectivity index (χ1v) is 4.91. The molecule has 2 rings (SSSR count). The minimum absolute atomic E-state index is 0.424. The molecule has 0 aliphatic carbocycles. The SMILES string of the molecule is CC1N=C(c2ccncc2)C=[SH]1. The van der Waals surface area contributed by atoms with E-state index in [-0.39, 0.29) is 0 Å². The molecule has 0 saturated carbocycles. The number of nitrogens with zero attached hydrogens (tertiary/aromatic N) is 2. The second-order valence-electron chi connectivity index (χ2n) is 2.66. The molecule has 62 valence electrons. The van der Waals surface area contributed by atoms with Crippen molar-refractivity contribution in [1.82, 2.24) is 4.98 Å². The Morgan fingerprint density at radius 3 is 2.67 bits per heavy atom. The Morgan fingerprint density at radius 1 is 1.33 bits per heavy atom. The molecule has 3 heteroatoms. The average molecular weight is 178 g/mol. The van der Waals surface area contributed by atoms with Crippen LogP contribution in [0.1, 0.15) is 12.5 Å². The van der Waals surface area contributed by atoms with Gasteiger partial charge in [0.1, 0.15) is 0 Å². The van der Waals surface area contributed by atoms with Crippen molar-refractivity contribution in [2.75, 3.05) is 0 Å². The first kappa shape index (κ1) is 7.68. The first-order chi connectivity index (χ1) is 5.86. The summed E-state index contributed by atoms with van der Waals surface area (Å²) < 4.78 is 0. The third kappa shape index (κ3) is 1.46. The van der Waals surface area contributed by atoms with Crippen molar-refractivity contribution < 1.29 is 0 Å². The van der Waals surface area contributed by atoms with Gasteiger partial charge in [-0.3, -0.25) is 9.98 Å². The molecule has 0 spiro atoms. The van der Waals surface area contributed by atoms with Gasteiger partial charge in [-0.2, -0.15) is 11.4 Å². The average Bonchev–Trinajstić information content (AvgIpc) is 2.54. The molecule has 2 nitrogen and oxygen atoms in total. The number of aromatic nitrogens is 1. The second-order valence-corrected chi connectivity index (χ2v) is 3.96. The van der Waals surface area contributed by atoms with Gasteiger partial charge in [0.25, 0.3) is 0 Å². The summed E-state index contributed by atoms with van der Waals surface area (Å²) in [6.45, 7) is 2.12. The molecule has 0 aromatic carbocycles. The summed E-state index contributed by atoms with van der Waals surface area (Å²) in [5, 5.41) is 2.58. The lowest BCUT2D eigenvalue weighted by Crippen LogP contribution is -1.98. The predicted octanol–water partition coefficient (Wildman–Crippen LogP) is 1.50. The van der Waals surface area contributed by atoms with E-state index in [1.807, 2.05) is 12.1 Å². The number of aliphatic imine (C=N–C) groups is 1. The minimum Gasteiger partial charge on any atom is -0.271 e. The van der Waals surface area contributed by atoms with E-state index in [1.54, 1.807) is 12.4 Å². The molecule has 0 saturated heterocycles. The maximum absolute atomic E-state index is 4.48. The minimum atomic E-state index is 0.424. The van der Waals surface area contributed by atoms with Crippen LogP contribution in [0, 0.1) is 0 Å². The van der Waals surface area contributed by atoms with Gasteiger partial charge in [0.05, 0.1) is 11.1 Å². The van der Waals surface area contributed by atoms with E-state index in [0.29, 0.717) is 5.37 Å². The molecule has 0 N–H and O–H groups in total. The summed E-state index contributed by atoms with van der Waals surface area (Å²) in [6.07, 6.45) is 3.59. The lowest BCUT2D eigenvalue weighted by molar-refractivity contribution is 1.06. The van der Waals surface area contributed by atoms with Crippen molar-refractivity contribution in [3.8, 4) is 0 Å². The summed E-state index contributed by atoms with van der Waals surface area (Å²) in [6, 6.07) is 3.98. The summed E-state index contributed by atoms with van der Waals surface area (Å²) in [5.74, 6) is 0. The number of rotatable bonds is 1. The van der Waals surface area contributed by atoms with Crippen LogP contribution in [-0.4, -0.2) is 21.4 Å². The molecule has 1 aliphatic rings. The van der Waals surface area contributed by atoms with Gasteiger partial charge >= 0.3 is 0 Å². The molecule has 1 aliphatic heterocycles. The first-order valence-electron chi connectivity index (χ1n) is 3.87. The zero-order valence-corrected chi connectivity index (χ0v) is 7.70. The number of hydrogen-bond acceptors (Lipinski definition) is 2. The van der Waals surface area contributed by atoms with Crippen LogP contribution in [-0.2, 0) is 0 Å². The van der Waals surface area contributed by atoms with Crippen molar-refractivity contribution in [3.05, 3.63) is 30.1 Å². The highest BCUT2D eigenvalue weighted by Gasteiger charge is 2.06. The van der Waals surface area contributed by atoms with Crippen LogP contribution in [0.15, 0.2) is 29.5 Å². The zero-order valence-electron chi connectivity index (χ0n) is 6.81. The summed E-state index contributed by atoms with van der Waals surface area (Å²) in [4.78, 5) is 8.44. The normalized spacial score (nSPS) is 21.8. The van der Waals surface area contributed by atoms with Crippen LogP contribution in [0.3, 0.4) is 0 Å². The molecule has 1 atom stereocenters. The molecule has 2 heterocycles. The summed E-state index contributed by atoms with van der Waals surface area (Å²) in [7, 11) is 0. The van der Waals surface area contributed by atoms with Gasteiger partial charge in [0.2, 0.25) is 0 Å². The van der Waals surface area contributed by atoms with Crippen molar-refractivity contribution in [3.63, 3.8) is 0 Å². The largest absolute Gasteiger partial charge is 0.271 e. The monoisotopic (exact) mass is 178 g/mol. The third-order valence-electron chi connectivity index (χ3n) is 1.71. The third-order valence-corrected chi connectivity index (χ3v) is 2.66. The summed E-state index contributed by atoms with van der Waals surface area (Å²) >= 11 is 1.30. The Balaban J connectivity index is 2.34. The van der Waals surface area contributed by atoms with Crippen LogP contribution >= 0.6 is 11.4 Å². The molecule has 1 aromatic heterocycles. The molecule has 1 unspecified atom stereocenters. The maximum Gasteiger partial charge on any atom is 0.0859 e. The number of thiol groups is 1. The zero-order chi connectivity index (χ0) is 8.39. The Morgan fingerprint density at radius 2 is 2.08 bits per heavy atom. The Kier molecular flexibility index (Phi) is 2.04. The van der Waals surface area contributed by atoms with Crippen LogP contribution < -0.4 is 0 Å². The smallest absolute Gasteiger partial charge is 0.0859 e. The summed E-state index contributed by atoms with van der Waals surface area (Å²) in [5.41, 5.74) is 2.27. The van der Waals surface area contributed by atoms with Gasteiger partial charge in [0.15, 0.2) is 0 Å². The fourth-order valence-electron chi connectivity index (χ4n) is 1.12. The van der Waals surface area contributed by atoms with Crippen LogP contribution in [0.2, 0.25) is 0 Å². The Bertz CT molecular complexity index is 330.